The molecule has 1 aromatic heterocycles. The largest absolute Gasteiger partial charge is 0.502 e. The molecule has 0 unspecified atom stereocenters. The van der Waals surface area contributed by atoms with E-state index >= 15 is 0 Å². The van der Waals surface area contributed by atoms with Gasteiger partial charge in [-0.15, -0.1) is 0 Å². The molecule has 2 heterocycles. The Hall–Kier alpha value is -3.50. The van der Waals surface area contributed by atoms with Crippen LogP contribution in [0, 0.1) is 23.4 Å². The number of fused-ring (bicyclic) bond motifs is 1. The Morgan fingerprint density at radius 3 is 2.41 bits per heavy atom. The molecule has 1 fully saturated rings. The van der Waals surface area contributed by atoms with Gasteiger partial charge in [-0.1, -0.05) is 12.8 Å². The fourth-order valence-corrected chi connectivity index (χ4v) is 4.54. The summed E-state index contributed by atoms with van der Waals surface area (Å²) in [5.41, 5.74) is -2.37. The number of nitrogens with zero attached hydrogens (tertiary/aromatic N) is 3. The summed E-state index contributed by atoms with van der Waals surface area (Å²) in [5.74, 6) is -5.51. The second-order valence-electron chi connectivity index (χ2n) is 8.59. The lowest BCUT2D eigenvalue weighted by Crippen LogP contribution is -2.55. The average Bonchev–Trinajstić information content (AvgIpc) is 3.29. The van der Waals surface area contributed by atoms with Crippen molar-refractivity contribution in [2.75, 3.05) is 24.8 Å². The second-order valence-corrected chi connectivity index (χ2v) is 8.59. The molecule has 182 valence electrons. The smallest absolute Gasteiger partial charge is 0.277 e. The monoisotopic (exact) mass is 478 g/mol. The maximum atomic E-state index is 13.9. The summed E-state index contributed by atoms with van der Waals surface area (Å²) >= 11 is 0. The van der Waals surface area contributed by atoms with E-state index < -0.39 is 58.1 Å². The minimum atomic E-state index is -1.18. The molecule has 0 atom stereocenters. The topological polar surface area (TPSA) is 94.9 Å². The Labute approximate surface area is 193 Å². The zero-order valence-electron chi connectivity index (χ0n) is 18.6. The second kappa shape index (κ2) is 9.40. The van der Waals surface area contributed by atoms with Crippen LogP contribution in [-0.4, -0.2) is 46.3 Å². The number of rotatable bonds is 6. The predicted molar refractivity (Wildman–Crippen MR) is 116 cm³/mol. The van der Waals surface area contributed by atoms with Crippen molar-refractivity contribution in [1.82, 2.24) is 14.9 Å². The van der Waals surface area contributed by atoms with Crippen LogP contribution >= 0.6 is 0 Å². The molecule has 2 aromatic rings. The zero-order chi connectivity index (χ0) is 24.6. The van der Waals surface area contributed by atoms with Crippen LogP contribution in [0.4, 0.5) is 13.2 Å². The Bertz CT molecular complexity index is 1170. The number of hydrogen-bond acceptors (Lipinski definition) is 5. The summed E-state index contributed by atoms with van der Waals surface area (Å²) in [4.78, 5) is 39.9. The van der Waals surface area contributed by atoms with Gasteiger partial charge in [-0.05, 0) is 25.7 Å². The van der Waals surface area contributed by atoms with Crippen LogP contribution in [0.1, 0.15) is 59.0 Å². The normalized spacial score (nSPS) is 16.2. The number of nitrogens with one attached hydrogen (secondary N) is 1. The van der Waals surface area contributed by atoms with Crippen LogP contribution in [0.2, 0.25) is 0 Å². The number of carbonyl (C=O) groups excluding carboxylic acids is 2. The van der Waals surface area contributed by atoms with Crippen molar-refractivity contribution in [3.8, 4) is 5.75 Å². The first-order chi connectivity index (χ1) is 16.2. The molecule has 0 saturated heterocycles. The first-order valence-corrected chi connectivity index (χ1v) is 11.2. The molecule has 1 saturated carbocycles. The van der Waals surface area contributed by atoms with Gasteiger partial charge in [-0.3, -0.25) is 24.1 Å². The molecule has 2 amide bonds. The van der Waals surface area contributed by atoms with Crippen molar-refractivity contribution < 1.29 is 27.9 Å². The third-order valence-electron chi connectivity index (χ3n) is 6.39. The molecule has 2 aliphatic rings. The highest BCUT2D eigenvalue weighted by Crippen LogP contribution is 2.28. The molecule has 1 aliphatic carbocycles. The number of aromatic hydroxyl groups is 1. The number of amides is 2. The van der Waals surface area contributed by atoms with Crippen LogP contribution in [-0.2, 0) is 6.54 Å². The van der Waals surface area contributed by atoms with Gasteiger partial charge in [0.2, 0.25) is 5.43 Å². The molecule has 34 heavy (non-hydrogen) atoms. The standard InChI is InChI=1S/C23H25F3N4O4/c1-2-28-12-29(10-13-5-3-4-6-13)30-11-16(20(31)21(32)19(30)23(28)34)22(33)27-9-15-17(25)7-14(24)8-18(15)26/h7-8,11,13,32H,2-6,9-10,12H2,1H3,(H,27,33). The van der Waals surface area contributed by atoms with E-state index in [1.54, 1.807) is 11.9 Å². The molecule has 0 spiro atoms. The Kier molecular flexibility index (Phi) is 6.54. The van der Waals surface area contributed by atoms with E-state index in [4.69, 9.17) is 0 Å². The molecule has 0 bridgehead atoms. The molecule has 11 heteroatoms. The maximum Gasteiger partial charge on any atom is 0.277 e. The maximum absolute atomic E-state index is 13.9. The first kappa shape index (κ1) is 23.7. The van der Waals surface area contributed by atoms with Crippen LogP contribution < -0.4 is 15.8 Å². The highest BCUT2D eigenvalue weighted by atomic mass is 19.1. The van der Waals surface area contributed by atoms with Crippen molar-refractivity contribution in [3.05, 3.63) is 62.8 Å². The third kappa shape index (κ3) is 4.34. The highest BCUT2D eigenvalue weighted by molar-refractivity contribution is 5.99. The molecule has 1 aliphatic heterocycles. The lowest BCUT2D eigenvalue weighted by atomic mass is 10.1. The first-order valence-electron chi connectivity index (χ1n) is 11.2. The Morgan fingerprint density at radius 1 is 1.15 bits per heavy atom. The Morgan fingerprint density at radius 2 is 1.79 bits per heavy atom. The number of benzene rings is 1. The molecular formula is C23H25F3N4O4. The van der Waals surface area contributed by atoms with Gasteiger partial charge >= 0.3 is 0 Å². The van der Waals surface area contributed by atoms with E-state index in [9.17, 15) is 32.7 Å². The number of pyridine rings is 1. The van der Waals surface area contributed by atoms with E-state index in [-0.39, 0.29) is 12.4 Å². The highest BCUT2D eigenvalue weighted by Gasteiger charge is 2.35. The van der Waals surface area contributed by atoms with Gasteiger partial charge in [0.15, 0.2) is 11.4 Å². The van der Waals surface area contributed by atoms with E-state index in [1.165, 1.54) is 15.8 Å². The van der Waals surface area contributed by atoms with Gasteiger partial charge in [0.05, 0.1) is 0 Å². The minimum absolute atomic E-state index is 0.216. The van der Waals surface area contributed by atoms with Gasteiger partial charge < -0.3 is 15.3 Å². The van der Waals surface area contributed by atoms with E-state index in [2.05, 4.69) is 5.32 Å². The minimum Gasteiger partial charge on any atom is -0.502 e. The van der Waals surface area contributed by atoms with E-state index in [0.29, 0.717) is 31.1 Å². The fraction of sp³-hybridized carbons (Fsp3) is 0.435. The average molecular weight is 478 g/mol. The van der Waals surface area contributed by atoms with Crippen molar-refractivity contribution in [2.24, 2.45) is 5.92 Å². The van der Waals surface area contributed by atoms with E-state index in [1.807, 2.05) is 0 Å². The summed E-state index contributed by atoms with van der Waals surface area (Å²) in [6.07, 6.45) is 5.40. The molecule has 4 rings (SSSR count). The predicted octanol–water partition coefficient (Wildman–Crippen LogP) is 2.46. The van der Waals surface area contributed by atoms with Gasteiger partial charge in [0, 0.05) is 43.5 Å². The van der Waals surface area contributed by atoms with Crippen LogP contribution in [0.25, 0.3) is 0 Å². The molecule has 8 nitrogen and oxygen atoms in total. The van der Waals surface area contributed by atoms with E-state index in [0.717, 1.165) is 25.7 Å². The van der Waals surface area contributed by atoms with Crippen molar-refractivity contribution in [1.29, 1.82) is 0 Å². The summed E-state index contributed by atoms with van der Waals surface area (Å²) in [5, 5.41) is 14.6. The number of aromatic nitrogens is 1. The van der Waals surface area contributed by atoms with Gasteiger partial charge in [-0.25, -0.2) is 13.2 Å². The van der Waals surface area contributed by atoms with Gasteiger partial charge in [-0.2, -0.15) is 0 Å². The lowest BCUT2D eigenvalue weighted by molar-refractivity contribution is 0.0691. The summed E-state index contributed by atoms with van der Waals surface area (Å²) in [6, 6.07) is 0.965. The van der Waals surface area contributed by atoms with Gasteiger partial charge in [0.25, 0.3) is 11.8 Å². The Balaban J connectivity index is 1.67. The molecular weight excluding hydrogens is 453 g/mol. The summed E-state index contributed by atoms with van der Waals surface area (Å²) < 4.78 is 42.3. The lowest BCUT2D eigenvalue weighted by Gasteiger charge is -2.40. The van der Waals surface area contributed by atoms with Crippen LogP contribution in [0.5, 0.6) is 5.75 Å². The number of halogens is 3. The molecule has 1 aromatic carbocycles. The summed E-state index contributed by atoms with van der Waals surface area (Å²) in [7, 11) is 0. The quantitative estimate of drug-likeness (QED) is 0.665. The van der Waals surface area contributed by atoms with Gasteiger partial charge in [0.1, 0.15) is 29.7 Å². The number of hydrogen-bond donors (Lipinski definition) is 2. The van der Waals surface area contributed by atoms with Crippen molar-refractivity contribution >= 4 is 11.8 Å². The van der Waals surface area contributed by atoms with Crippen LogP contribution in [0.15, 0.2) is 23.1 Å². The van der Waals surface area contributed by atoms with Crippen molar-refractivity contribution in [3.63, 3.8) is 0 Å². The molecule has 2 N–H and O–H groups in total. The zero-order valence-corrected chi connectivity index (χ0v) is 18.6. The SMILES string of the molecule is CCN1CN(CC2CCCC2)n2cc(C(=O)NCc3c(F)cc(F)cc3F)c(=O)c(O)c2C1=O. The fourth-order valence-electron chi connectivity index (χ4n) is 4.54. The van der Waals surface area contributed by atoms with Crippen molar-refractivity contribution in [2.45, 2.75) is 39.2 Å². The number of carbonyl (C=O) groups is 2. The molecule has 0 radical (unpaired) electrons. The van der Waals surface area contributed by atoms with Crippen LogP contribution in [0.3, 0.4) is 0 Å². The third-order valence-corrected chi connectivity index (χ3v) is 6.39. The summed E-state index contributed by atoms with van der Waals surface area (Å²) in [6.45, 7) is 2.28.